The molecule has 0 fully saturated rings. The molecule has 1 atom stereocenters. The zero-order chi connectivity index (χ0) is 9.61. The van der Waals surface area contributed by atoms with Gasteiger partial charge in [-0.2, -0.15) is 8.42 Å². The van der Waals surface area contributed by atoms with Crippen molar-refractivity contribution >= 4 is 10.1 Å². The van der Waals surface area contributed by atoms with Crippen molar-refractivity contribution < 1.29 is 22.8 Å². The number of hydrogen-bond donors (Lipinski definition) is 2. The molecular formula is C6H12O5S. The minimum absolute atomic E-state index is 0.125. The Hall–Kier alpha value is -0.430. The summed E-state index contributed by atoms with van der Waals surface area (Å²) in [5.41, 5.74) is 0. The summed E-state index contributed by atoms with van der Waals surface area (Å²) in [6, 6.07) is 0. The molecule has 72 valence electrons. The Balaban J connectivity index is 3.95. The van der Waals surface area contributed by atoms with Gasteiger partial charge in [-0.25, -0.2) is 0 Å². The SMILES string of the molecule is C=CCOS(=O)(=O)CC(O)CO. The molecule has 0 aromatic rings. The van der Waals surface area contributed by atoms with Crippen LogP contribution in [-0.2, 0) is 14.3 Å². The maximum absolute atomic E-state index is 10.8. The standard InChI is InChI=1S/C6H12O5S/c1-2-3-11-12(9,10)5-6(8)4-7/h2,6-8H,1,3-5H2. The summed E-state index contributed by atoms with van der Waals surface area (Å²) in [6.45, 7) is 2.54. The van der Waals surface area contributed by atoms with E-state index in [4.69, 9.17) is 10.2 Å². The number of hydrogen-bond acceptors (Lipinski definition) is 5. The topological polar surface area (TPSA) is 83.8 Å². The van der Waals surface area contributed by atoms with Crippen molar-refractivity contribution in [3.8, 4) is 0 Å². The number of aliphatic hydroxyl groups excluding tert-OH is 2. The fourth-order valence-corrected chi connectivity index (χ4v) is 1.46. The van der Waals surface area contributed by atoms with Crippen LogP contribution >= 0.6 is 0 Å². The van der Waals surface area contributed by atoms with Gasteiger partial charge in [0.1, 0.15) is 5.75 Å². The van der Waals surface area contributed by atoms with E-state index in [-0.39, 0.29) is 6.61 Å². The summed E-state index contributed by atoms with van der Waals surface area (Å²) in [7, 11) is -3.74. The van der Waals surface area contributed by atoms with Crippen molar-refractivity contribution in [3.05, 3.63) is 12.7 Å². The third kappa shape index (κ3) is 5.25. The first kappa shape index (κ1) is 11.6. The van der Waals surface area contributed by atoms with E-state index in [1.807, 2.05) is 0 Å². The fraction of sp³-hybridized carbons (Fsp3) is 0.667. The van der Waals surface area contributed by atoms with Crippen LogP contribution in [-0.4, -0.2) is 43.7 Å². The quantitative estimate of drug-likeness (QED) is 0.415. The van der Waals surface area contributed by atoms with E-state index in [9.17, 15) is 8.42 Å². The van der Waals surface area contributed by atoms with Crippen LogP contribution in [0.1, 0.15) is 0 Å². The van der Waals surface area contributed by atoms with E-state index in [2.05, 4.69) is 10.8 Å². The zero-order valence-corrected chi connectivity index (χ0v) is 7.33. The smallest absolute Gasteiger partial charge is 0.270 e. The van der Waals surface area contributed by atoms with Crippen molar-refractivity contribution in [2.24, 2.45) is 0 Å². The Bertz CT molecular complexity index is 220. The van der Waals surface area contributed by atoms with Gasteiger partial charge in [0.15, 0.2) is 0 Å². The zero-order valence-electron chi connectivity index (χ0n) is 6.51. The molecule has 0 saturated carbocycles. The molecule has 0 spiro atoms. The lowest BCUT2D eigenvalue weighted by atomic mass is 10.4. The normalized spacial score (nSPS) is 14.2. The molecule has 0 bridgehead atoms. The van der Waals surface area contributed by atoms with Crippen molar-refractivity contribution in [2.45, 2.75) is 6.10 Å². The minimum atomic E-state index is -3.74. The lowest BCUT2D eigenvalue weighted by Crippen LogP contribution is -2.25. The second kappa shape index (κ2) is 5.26. The Morgan fingerprint density at radius 2 is 2.17 bits per heavy atom. The van der Waals surface area contributed by atoms with E-state index in [1.165, 1.54) is 6.08 Å². The predicted molar refractivity (Wildman–Crippen MR) is 43.0 cm³/mol. The van der Waals surface area contributed by atoms with Gasteiger partial charge in [0.25, 0.3) is 10.1 Å². The van der Waals surface area contributed by atoms with Crippen molar-refractivity contribution in [2.75, 3.05) is 19.0 Å². The minimum Gasteiger partial charge on any atom is -0.394 e. The molecule has 0 aromatic carbocycles. The molecular weight excluding hydrogens is 184 g/mol. The van der Waals surface area contributed by atoms with Crippen LogP contribution in [0, 0.1) is 0 Å². The highest BCUT2D eigenvalue weighted by Gasteiger charge is 2.16. The van der Waals surface area contributed by atoms with Gasteiger partial charge in [-0.3, -0.25) is 4.18 Å². The van der Waals surface area contributed by atoms with Crippen molar-refractivity contribution in [1.82, 2.24) is 0 Å². The monoisotopic (exact) mass is 196 g/mol. The maximum atomic E-state index is 10.8. The van der Waals surface area contributed by atoms with E-state index in [0.717, 1.165) is 0 Å². The average Bonchev–Trinajstić information content (AvgIpc) is 2.00. The molecule has 0 radical (unpaired) electrons. The van der Waals surface area contributed by atoms with Crippen molar-refractivity contribution in [3.63, 3.8) is 0 Å². The highest BCUT2D eigenvalue weighted by Crippen LogP contribution is 1.96. The van der Waals surface area contributed by atoms with E-state index in [1.54, 1.807) is 0 Å². The Labute approximate surface area is 71.4 Å². The van der Waals surface area contributed by atoms with Crippen LogP contribution in [0.5, 0.6) is 0 Å². The highest BCUT2D eigenvalue weighted by molar-refractivity contribution is 7.86. The van der Waals surface area contributed by atoms with Gasteiger partial charge in [-0.1, -0.05) is 6.08 Å². The predicted octanol–water partition coefficient (Wildman–Crippen LogP) is -1.13. The van der Waals surface area contributed by atoms with Crippen molar-refractivity contribution in [1.29, 1.82) is 0 Å². The molecule has 0 aromatic heterocycles. The van der Waals surface area contributed by atoms with Crippen LogP contribution in [0.4, 0.5) is 0 Å². The summed E-state index contributed by atoms with van der Waals surface area (Å²) in [5, 5.41) is 17.1. The summed E-state index contributed by atoms with van der Waals surface area (Å²) >= 11 is 0. The molecule has 5 nitrogen and oxygen atoms in total. The Morgan fingerprint density at radius 3 is 2.58 bits per heavy atom. The molecule has 0 aliphatic rings. The number of aliphatic hydroxyl groups is 2. The van der Waals surface area contributed by atoms with Gasteiger partial charge in [0.2, 0.25) is 0 Å². The molecule has 6 heteroatoms. The molecule has 12 heavy (non-hydrogen) atoms. The summed E-state index contributed by atoms with van der Waals surface area (Å²) in [5.74, 6) is -0.600. The first-order chi connectivity index (χ1) is 5.52. The van der Waals surface area contributed by atoms with E-state index < -0.39 is 28.6 Å². The van der Waals surface area contributed by atoms with Gasteiger partial charge in [0, 0.05) is 0 Å². The summed E-state index contributed by atoms with van der Waals surface area (Å²) in [6.07, 6.45) is -0.0112. The van der Waals surface area contributed by atoms with Gasteiger partial charge in [-0.05, 0) is 0 Å². The molecule has 0 aliphatic heterocycles. The van der Waals surface area contributed by atoms with Crippen LogP contribution in [0.25, 0.3) is 0 Å². The third-order valence-electron chi connectivity index (χ3n) is 0.973. The van der Waals surface area contributed by atoms with Gasteiger partial charge < -0.3 is 10.2 Å². The molecule has 0 rings (SSSR count). The van der Waals surface area contributed by atoms with Crippen LogP contribution in [0.3, 0.4) is 0 Å². The molecule has 0 aliphatic carbocycles. The highest BCUT2D eigenvalue weighted by atomic mass is 32.2. The molecule has 2 N–H and O–H groups in total. The first-order valence-electron chi connectivity index (χ1n) is 3.28. The Kier molecular flexibility index (Phi) is 5.07. The lowest BCUT2D eigenvalue weighted by molar-refractivity contribution is 0.110. The van der Waals surface area contributed by atoms with E-state index >= 15 is 0 Å². The van der Waals surface area contributed by atoms with Gasteiger partial charge in [0.05, 0.1) is 19.3 Å². The van der Waals surface area contributed by atoms with Gasteiger partial charge >= 0.3 is 0 Å². The lowest BCUT2D eigenvalue weighted by Gasteiger charge is -2.06. The van der Waals surface area contributed by atoms with Crippen LogP contribution < -0.4 is 0 Å². The van der Waals surface area contributed by atoms with Gasteiger partial charge in [-0.15, -0.1) is 6.58 Å². The second-order valence-corrected chi connectivity index (χ2v) is 3.82. The third-order valence-corrected chi connectivity index (χ3v) is 2.26. The molecule has 1 unspecified atom stereocenters. The number of rotatable bonds is 6. The molecule has 0 saturated heterocycles. The molecule has 0 heterocycles. The largest absolute Gasteiger partial charge is 0.394 e. The fourth-order valence-electron chi connectivity index (χ4n) is 0.488. The maximum Gasteiger partial charge on any atom is 0.270 e. The summed E-state index contributed by atoms with van der Waals surface area (Å²) in [4.78, 5) is 0. The average molecular weight is 196 g/mol. The first-order valence-corrected chi connectivity index (χ1v) is 4.86. The molecule has 0 amide bonds. The van der Waals surface area contributed by atoms with E-state index in [0.29, 0.717) is 0 Å². The van der Waals surface area contributed by atoms with Crippen LogP contribution in [0.15, 0.2) is 12.7 Å². The summed E-state index contributed by atoms with van der Waals surface area (Å²) < 4.78 is 26.0. The van der Waals surface area contributed by atoms with Crippen LogP contribution in [0.2, 0.25) is 0 Å². The second-order valence-electron chi connectivity index (χ2n) is 2.13. The Morgan fingerprint density at radius 1 is 1.58 bits per heavy atom.